The van der Waals surface area contributed by atoms with Gasteiger partial charge in [0.2, 0.25) is 0 Å². The summed E-state index contributed by atoms with van der Waals surface area (Å²) in [6, 6.07) is 4.48. The number of fused-ring (bicyclic) bond motifs is 1. The number of rotatable bonds is 2. The summed E-state index contributed by atoms with van der Waals surface area (Å²) >= 11 is 9.30. The Bertz CT molecular complexity index is 743. The molecule has 4 rings (SSSR count). The first-order valence-electron chi connectivity index (χ1n) is 9.04. The van der Waals surface area contributed by atoms with Crippen LogP contribution in [0.3, 0.4) is 0 Å². The van der Waals surface area contributed by atoms with E-state index in [1.54, 1.807) is 0 Å². The van der Waals surface area contributed by atoms with Crippen molar-refractivity contribution in [3.63, 3.8) is 0 Å². The highest BCUT2D eigenvalue weighted by Gasteiger charge is 2.41. The number of nitrogens with two attached hydrogens (primary N) is 1. The predicted octanol–water partition coefficient (Wildman–Crippen LogP) is 6.65. The first-order valence-corrected chi connectivity index (χ1v) is 11.4. The quantitative estimate of drug-likeness (QED) is 0.496. The molecule has 1 aliphatic heterocycles. The lowest BCUT2D eigenvalue weighted by Gasteiger charge is -2.48. The second kappa shape index (κ2) is 6.90. The van der Waals surface area contributed by atoms with Gasteiger partial charge in [0.15, 0.2) is 0 Å². The molecule has 0 unspecified atom stereocenters. The molecule has 130 valence electrons. The molecule has 1 aromatic heterocycles. The molecular formula is C19H24Br2N2S. The maximum absolute atomic E-state index is 6.38. The second-order valence-corrected chi connectivity index (χ2v) is 10.0. The molecule has 0 amide bonds. The zero-order chi connectivity index (χ0) is 16.7. The van der Waals surface area contributed by atoms with Gasteiger partial charge in [0.1, 0.15) is 0 Å². The van der Waals surface area contributed by atoms with Crippen molar-refractivity contribution in [1.29, 1.82) is 0 Å². The van der Waals surface area contributed by atoms with Crippen molar-refractivity contribution in [2.24, 2.45) is 0 Å². The summed E-state index contributed by atoms with van der Waals surface area (Å²) in [7, 11) is 0. The minimum atomic E-state index is 0.251. The van der Waals surface area contributed by atoms with Gasteiger partial charge in [-0.3, -0.25) is 4.90 Å². The molecule has 2 aliphatic rings. The van der Waals surface area contributed by atoms with Crippen LogP contribution in [0, 0.1) is 0 Å². The molecule has 1 saturated carbocycles. The van der Waals surface area contributed by atoms with E-state index >= 15 is 0 Å². The minimum absolute atomic E-state index is 0.251. The van der Waals surface area contributed by atoms with E-state index < -0.39 is 0 Å². The Morgan fingerprint density at radius 1 is 0.917 bits per heavy atom. The second-order valence-electron chi connectivity index (χ2n) is 7.25. The van der Waals surface area contributed by atoms with Crippen LogP contribution in [0.15, 0.2) is 21.1 Å². The van der Waals surface area contributed by atoms with Crippen LogP contribution < -0.4 is 5.73 Å². The number of benzene rings is 1. The third-order valence-corrected chi connectivity index (χ3v) is 8.76. The Kier molecular flexibility index (Phi) is 4.98. The molecule has 2 N–H and O–H groups in total. The highest BCUT2D eigenvalue weighted by molar-refractivity contribution is 9.11. The van der Waals surface area contributed by atoms with E-state index in [0.29, 0.717) is 0 Å². The maximum Gasteiger partial charge on any atom is 0.0554 e. The fourth-order valence-electron chi connectivity index (χ4n) is 4.56. The molecule has 1 aliphatic carbocycles. The Balaban J connectivity index is 1.84. The van der Waals surface area contributed by atoms with Crippen molar-refractivity contribution in [3.8, 4) is 0 Å². The van der Waals surface area contributed by atoms with Crippen LogP contribution in [0.1, 0.15) is 56.2 Å². The van der Waals surface area contributed by atoms with E-state index in [2.05, 4.69) is 48.9 Å². The van der Waals surface area contributed by atoms with Gasteiger partial charge in [0.05, 0.1) is 15.9 Å². The van der Waals surface area contributed by atoms with E-state index in [1.807, 2.05) is 11.3 Å². The van der Waals surface area contributed by atoms with Gasteiger partial charge in [-0.05, 0) is 82.8 Å². The lowest BCUT2D eigenvalue weighted by atomic mass is 9.78. The summed E-state index contributed by atoms with van der Waals surface area (Å²) in [6.07, 6.45) is 10.8. The molecule has 0 bridgehead atoms. The van der Waals surface area contributed by atoms with Gasteiger partial charge in [0, 0.05) is 19.2 Å². The van der Waals surface area contributed by atoms with Crippen LogP contribution in [-0.4, -0.2) is 18.0 Å². The van der Waals surface area contributed by atoms with Crippen molar-refractivity contribution in [2.75, 3.05) is 18.8 Å². The maximum atomic E-state index is 6.38. The Hall–Kier alpha value is -0.100. The highest BCUT2D eigenvalue weighted by atomic mass is 79.9. The van der Waals surface area contributed by atoms with Crippen molar-refractivity contribution < 1.29 is 0 Å². The van der Waals surface area contributed by atoms with Crippen LogP contribution in [0.4, 0.5) is 5.69 Å². The molecular weight excluding hydrogens is 448 g/mol. The molecule has 2 heterocycles. The number of piperidine rings is 1. The van der Waals surface area contributed by atoms with Crippen molar-refractivity contribution >= 4 is 59.0 Å². The lowest BCUT2D eigenvalue weighted by Crippen LogP contribution is -2.49. The summed E-state index contributed by atoms with van der Waals surface area (Å²) in [6.45, 7) is 2.52. The molecule has 0 radical (unpaired) electrons. The fraction of sp³-hybridized carbons (Fsp3) is 0.579. The summed E-state index contributed by atoms with van der Waals surface area (Å²) in [4.78, 5) is 4.34. The van der Waals surface area contributed by atoms with Gasteiger partial charge in [-0.1, -0.05) is 25.7 Å². The van der Waals surface area contributed by atoms with Crippen molar-refractivity contribution in [2.45, 2.75) is 56.9 Å². The van der Waals surface area contributed by atoms with Crippen molar-refractivity contribution in [1.82, 2.24) is 4.90 Å². The summed E-state index contributed by atoms with van der Waals surface area (Å²) < 4.78 is 3.44. The average Bonchev–Trinajstić information content (AvgIpc) is 3.08. The third kappa shape index (κ3) is 2.85. The Morgan fingerprint density at radius 3 is 2.29 bits per heavy atom. The van der Waals surface area contributed by atoms with Gasteiger partial charge in [-0.25, -0.2) is 0 Å². The Morgan fingerprint density at radius 2 is 1.58 bits per heavy atom. The van der Waals surface area contributed by atoms with E-state index in [0.717, 1.165) is 14.6 Å². The summed E-state index contributed by atoms with van der Waals surface area (Å²) in [5.41, 5.74) is 7.50. The lowest BCUT2D eigenvalue weighted by molar-refractivity contribution is 0.0333. The fourth-order valence-corrected chi connectivity index (χ4v) is 7.35. The number of halogens is 2. The molecule has 5 heteroatoms. The number of anilines is 1. The number of nitrogen functional groups attached to an aromatic ring is 1. The van der Waals surface area contributed by atoms with E-state index in [-0.39, 0.29) is 5.54 Å². The van der Waals surface area contributed by atoms with Crippen LogP contribution >= 0.6 is 43.2 Å². The number of thiophene rings is 1. The summed E-state index contributed by atoms with van der Waals surface area (Å²) in [5, 5.41) is 1.21. The molecule has 1 aromatic carbocycles. The smallest absolute Gasteiger partial charge is 0.0554 e. The molecule has 2 fully saturated rings. The topological polar surface area (TPSA) is 29.3 Å². The predicted molar refractivity (Wildman–Crippen MR) is 112 cm³/mol. The van der Waals surface area contributed by atoms with E-state index in [9.17, 15) is 0 Å². The Labute approximate surface area is 165 Å². The molecule has 0 atom stereocenters. The first-order chi connectivity index (χ1) is 11.6. The SMILES string of the molecule is Nc1c(Br)cc(Br)c2sc(C3(N4CCCCC4)CCCCC3)cc12. The number of nitrogens with zero attached hydrogens (tertiary/aromatic N) is 1. The normalized spacial score (nSPS) is 22.1. The highest BCUT2D eigenvalue weighted by Crippen LogP contribution is 2.50. The number of hydrogen-bond acceptors (Lipinski definition) is 3. The average molecular weight is 472 g/mol. The van der Waals surface area contributed by atoms with Crippen molar-refractivity contribution in [3.05, 3.63) is 26.0 Å². The molecule has 0 spiro atoms. The summed E-state index contributed by atoms with van der Waals surface area (Å²) in [5.74, 6) is 0. The van der Waals surface area contributed by atoms with Crippen LogP contribution in [0.2, 0.25) is 0 Å². The monoisotopic (exact) mass is 470 g/mol. The third-order valence-electron chi connectivity index (χ3n) is 5.85. The van der Waals surface area contributed by atoms with E-state index in [1.165, 1.54) is 79.4 Å². The molecule has 2 aromatic rings. The van der Waals surface area contributed by atoms with Gasteiger partial charge in [0.25, 0.3) is 0 Å². The number of likely N-dealkylation sites (tertiary alicyclic amines) is 1. The van der Waals surface area contributed by atoms with E-state index in [4.69, 9.17) is 5.73 Å². The number of hydrogen-bond donors (Lipinski definition) is 1. The van der Waals surface area contributed by atoms with Gasteiger partial charge in [-0.15, -0.1) is 11.3 Å². The largest absolute Gasteiger partial charge is 0.397 e. The zero-order valence-electron chi connectivity index (χ0n) is 13.9. The van der Waals surface area contributed by atoms with Gasteiger partial charge in [-0.2, -0.15) is 0 Å². The first kappa shape index (κ1) is 17.3. The van der Waals surface area contributed by atoms with Crippen LogP contribution in [-0.2, 0) is 5.54 Å². The zero-order valence-corrected chi connectivity index (χ0v) is 17.9. The molecule has 24 heavy (non-hydrogen) atoms. The van der Waals surface area contributed by atoms with Gasteiger partial charge >= 0.3 is 0 Å². The van der Waals surface area contributed by atoms with Crippen LogP contribution in [0.25, 0.3) is 10.1 Å². The standard InChI is InChI=1S/C19H24Br2N2S/c20-14-12-15(21)18-13(17(14)22)11-16(24-18)19(7-3-1-4-8-19)23-9-5-2-6-10-23/h11-12H,1-10,22H2. The molecule has 2 nitrogen and oxygen atoms in total. The van der Waals surface area contributed by atoms with Gasteiger partial charge < -0.3 is 5.73 Å². The molecule has 1 saturated heterocycles. The van der Waals surface area contributed by atoms with Crippen LogP contribution in [0.5, 0.6) is 0 Å². The minimum Gasteiger partial charge on any atom is -0.397 e.